The number of hydrogen-bond acceptors (Lipinski definition) is 2. The lowest BCUT2D eigenvalue weighted by atomic mass is 10.0. The minimum atomic E-state index is -0.579. The molecule has 1 atom stereocenters. The third-order valence-electron chi connectivity index (χ3n) is 2.28. The molecule has 88 valence electrons. The van der Waals surface area contributed by atoms with Gasteiger partial charge in [0, 0.05) is 11.6 Å². The summed E-state index contributed by atoms with van der Waals surface area (Å²) in [6.07, 6.45) is 2.37. The van der Waals surface area contributed by atoms with Gasteiger partial charge in [-0.3, -0.25) is 11.3 Å². The highest BCUT2D eigenvalue weighted by molar-refractivity contribution is 9.10. The van der Waals surface area contributed by atoms with Gasteiger partial charge < -0.3 is 0 Å². The zero-order valence-electron chi connectivity index (χ0n) is 8.64. The summed E-state index contributed by atoms with van der Waals surface area (Å²) in [4.78, 5) is 0. The van der Waals surface area contributed by atoms with E-state index in [1.165, 1.54) is 12.1 Å². The maximum Gasteiger partial charge on any atom is 0.143 e. The van der Waals surface area contributed by atoms with Gasteiger partial charge in [0.05, 0.1) is 4.47 Å². The van der Waals surface area contributed by atoms with Crippen molar-refractivity contribution >= 4 is 15.9 Å². The highest BCUT2D eigenvalue weighted by Crippen LogP contribution is 2.23. The predicted octanol–water partition coefficient (Wildman–Crippen LogP) is 2.68. The monoisotopic (exact) mass is 290 g/mol. The Labute approximate surface area is 102 Å². The van der Waals surface area contributed by atoms with Crippen LogP contribution in [0.1, 0.15) is 12.0 Å². The van der Waals surface area contributed by atoms with Crippen molar-refractivity contribution in [3.8, 4) is 0 Å². The Morgan fingerprint density at radius 2 is 2.19 bits per heavy atom. The number of benzene rings is 1. The second-order valence-electron chi connectivity index (χ2n) is 3.41. The van der Waals surface area contributed by atoms with Gasteiger partial charge in [0.1, 0.15) is 11.6 Å². The molecule has 2 nitrogen and oxygen atoms in total. The highest BCUT2D eigenvalue weighted by Gasteiger charge is 2.16. The Balaban J connectivity index is 2.94. The summed E-state index contributed by atoms with van der Waals surface area (Å²) in [5.74, 6) is 4.15. The smallest absolute Gasteiger partial charge is 0.143 e. The van der Waals surface area contributed by atoms with Gasteiger partial charge in [0.2, 0.25) is 0 Å². The van der Waals surface area contributed by atoms with E-state index < -0.39 is 11.6 Å². The van der Waals surface area contributed by atoms with E-state index in [-0.39, 0.29) is 22.5 Å². The molecular weight excluding hydrogens is 278 g/mol. The third kappa shape index (κ3) is 3.10. The van der Waals surface area contributed by atoms with Crippen molar-refractivity contribution in [3.63, 3.8) is 0 Å². The summed E-state index contributed by atoms with van der Waals surface area (Å²) >= 11 is 3.02. The third-order valence-corrected chi connectivity index (χ3v) is 2.89. The van der Waals surface area contributed by atoms with Gasteiger partial charge in [-0.15, -0.1) is 6.58 Å². The number of halogens is 3. The Bertz CT molecular complexity index is 382. The number of hydrogen-bond donors (Lipinski definition) is 2. The molecule has 0 radical (unpaired) electrons. The normalized spacial score (nSPS) is 12.5. The summed E-state index contributed by atoms with van der Waals surface area (Å²) in [7, 11) is 0. The van der Waals surface area contributed by atoms with E-state index >= 15 is 0 Å². The zero-order chi connectivity index (χ0) is 12.1. The molecule has 0 fully saturated rings. The van der Waals surface area contributed by atoms with E-state index in [4.69, 9.17) is 5.84 Å². The largest absolute Gasteiger partial charge is 0.271 e. The molecule has 1 unspecified atom stereocenters. The van der Waals surface area contributed by atoms with Crippen LogP contribution in [0.2, 0.25) is 0 Å². The van der Waals surface area contributed by atoms with Crippen molar-refractivity contribution in [2.75, 3.05) is 0 Å². The molecule has 0 spiro atoms. The Hall–Kier alpha value is -0.780. The number of nitrogens with two attached hydrogens (primary N) is 1. The summed E-state index contributed by atoms with van der Waals surface area (Å²) in [6.45, 7) is 3.56. The second kappa shape index (κ2) is 6.08. The highest BCUT2D eigenvalue weighted by atomic mass is 79.9. The Morgan fingerprint density at radius 1 is 1.50 bits per heavy atom. The van der Waals surface area contributed by atoms with Crippen LogP contribution in [0.3, 0.4) is 0 Å². The molecule has 0 aliphatic rings. The summed E-state index contributed by atoms with van der Waals surface area (Å²) in [5, 5.41) is 0. The van der Waals surface area contributed by atoms with Crippen LogP contribution in [0.25, 0.3) is 0 Å². The van der Waals surface area contributed by atoms with Crippen LogP contribution in [0, 0.1) is 11.6 Å². The van der Waals surface area contributed by atoms with Crippen molar-refractivity contribution in [1.82, 2.24) is 5.43 Å². The van der Waals surface area contributed by atoms with Crippen LogP contribution >= 0.6 is 15.9 Å². The molecule has 16 heavy (non-hydrogen) atoms. The molecule has 1 aromatic rings. The average molecular weight is 291 g/mol. The van der Waals surface area contributed by atoms with Crippen LogP contribution in [0.15, 0.2) is 29.3 Å². The first kappa shape index (κ1) is 13.3. The van der Waals surface area contributed by atoms with Crippen molar-refractivity contribution in [3.05, 3.63) is 46.5 Å². The first-order chi connectivity index (χ1) is 7.60. The minimum absolute atomic E-state index is 0.0270. The lowest BCUT2D eigenvalue weighted by Crippen LogP contribution is -2.36. The molecule has 0 aliphatic carbocycles. The molecule has 3 N–H and O–H groups in total. The van der Waals surface area contributed by atoms with E-state index in [9.17, 15) is 8.78 Å². The van der Waals surface area contributed by atoms with Gasteiger partial charge in [0.25, 0.3) is 0 Å². The maximum absolute atomic E-state index is 13.6. The van der Waals surface area contributed by atoms with Crippen LogP contribution in [0.4, 0.5) is 8.78 Å². The molecule has 5 heteroatoms. The molecule has 0 saturated carbocycles. The SMILES string of the molecule is C=CCC(Cc1c(F)ccc(Br)c1F)NN. The standard InChI is InChI=1S/C11H13BrF2N2/c1-2-3-7(16-15)6-8-10(13)5-4-9(12)11(8)14/h2,4-5,7,16H,1,3,6,15H2. The molecule has 0 aliphatic heterocycles. The second-order valence-corrected chi connectivity index (χ2v) is 4.27. The fraction of sp³-hybridized carbons (Fsp3) is 0.273. The van der Waals surface area contributed by atoms with Crippen molar-refractivity contribution in [1.29, 1.82) is 0 Å². The van der Waals surface area contributed by atoms with Crippen molar-refractivity contribution in [2.45, 2.75) is 18.9 Å². The molecule has 0 amide bonds. The fourth-order valence-electron chi connectivity index (χ4n) is 1.41. The van der Waals surface area contributed by atoms with Gasteiger partial charge in [-0.1, -0.05) is 6.08 Å². The van der Waals surface area contributed by atoms with Gasteiger partial charge >= 0.3 is 0 Å². The van der Waals surface area contributed by atoms with Crippen LogP contribution in [-0.2, 0) is 6.42 Å². The van der Waals surface area contributed by atoms with Gasteiger partial charge in [0.15, 0.2) is 0 Å². The molecule has 0 saturated heterocycles. The quantitative estimate of drug-likeness (QED) is 0.379. The van der Waals surface area contributed by atoms with E-state index in [1.807, 2.05) is 0 Å². The molecule has 0 aromatic heterocycles. The lowest BCUT2D eigenvalue weighted by molar-refractivity contribution is 0.487. The Morgan fingerprint density at radius 3 is 2.75 bits per heavy atom. The summed E-state index contributed by atoms with van der Waals surface area (Å²) < 4.78 is 27.3. The van der Waals surface area contributed by atoms with E-state index in [0.29, 0.717) is 6.42 Å². The minimum Gasteiger partial charge on any atom is -0.271 e. The first-order valence-electron chi connectivity index (χ1n) is 4.79. The lowest BCUT2D eigenvalue weighted by Gasteiger charge is -2.15. The first-order valence-corrected chi connectivity index (χ1v) is 5.58. The van der Waals surface area contributed by atoms with E-state index in [1.54, 1.807) is 6.08 Å². The summed E-state index contributed by atoms with van der Waals surface area (Å²) in [6, 6.07) is 2.34. The molecule has 1 aromatic carbocycles. The summed E-state index contributed by atoms with van der Waals surface area (Å²) in [5.41, 5.74) is 2.53. The van der Waals surface area contributed by atoms with Crippen LogP contribution < -0.4 is 11.3 Å². The molecular formula is C11H13BrF2N2. The zero-order valence-corrected chi connectivity index (χ0v) is 10.2. The molecule has 1 rings (SSSR count). The molecule has 0 bridgehead atoms. The molecule has 0 heterocycles. The Kier molecular flexibility index (Phi) is 5.05. The fourth-order valence-corrected chi connectivity index (χ4v) is 1.79. The van der Waals surface area contributed by atoms with Gasteiger partial charge in [-0.05, 0) is 40.9 Å². The van der Waals surface area contributed by atoms with Gasteiger partial charge in [-0.2, -0.15) is 0 Å². The van der Waals surface area contributed by atoms with Crippen molar-refractivity contribution < 1.29 is 8.78 Å². The van der Waals surface area contributed by atoms with Crippen molar-refractivity contribution in [2.24, 2.45) is 5.84 Å². The van der Waals surface area contributed by atoms with E-state index in [0.717, 1.165) is 0 Å². The van der Waals surface area contributed by atoms with E-state index in [2.05, 4.69) is 27.9 Å². The average Bonchev–Trinajstić information content (AvgIpc) is 2.28. The number of nitrogens with one attached hydrogen (secondary N) is 1. The number of hydrazine groups is 1. The van der Waals surface area contributed by atoms with Crippen LogP contribution in [0.5, 0.6) is 0 Å². The van der Waals surface area contributed by atoms with Gasteiger partial charge in [-0.25, -0.2) is 8.78 Å². The topological polar surface area (TPSA) is 38.0 Å². The predicted molar refractivity (Wildman–Crippen MR) is 63.7 cm³/mol. The maximum atomic E-state index is 13.6. The number of rotatable bonds is 5. The van der Waals surface area contributed by atoms with Crippen LogP contribution in [-0.4, -0.2) is 6.04 Å².